The lowest BCUT2D eigenvalue weighted by molar-refractivity contribution is -0.153. The van der Waals surface area contributed by atoms with E-state index in [9.17, 15) is 9.36 Å². The normalized spacial score (nSPS) is 27.5. The zero-order chi connectivity index (χ0) is 11.5. The van der Waals surface area contributed by atoms with Crippen LogP contribution in [0.1, 0.15) is 26.2 Å². The molecule has 0 radical (unpaired) electrons. The number of rotatable bonds is 4. The quantitative estimate of drug-likeness (QED) is 0.551. The summed E-state index contributed by atoms with van der Waals surface area (Å²) in [4.78, 5) is 11.6. The average Bonchev–Trinajstić information content (AvgIpc) is 2.27. The lowest BCUT2D eigenvalue weighted by Crippen LogP contribution is -2.35. The summed E-state index contributed by atoms with van der Waals surface area (Å²) in [5, 5.41) is 0. The fraction of sp³-hybridized carbons (Fsp3) is 0.889. The Morgan fingerprint density at radius 3 is 2.40 bits per heavy atom. The molecule has 1 heterocycles. The van der Waals surface area contributed by atoms with Crippen LogP contribution in [0.25, 0.3) is 0 Å². The molecule has 2 unspecified atom stereocenters. The molecule has 0 aliphatic carbocycles. The van der Waals surface area contributed by atoms with E-state index in [1.807, 2.05) is 6.92 Å². The maximum atomic E-state index is 12.0. The molecule has 0 saturated carbocycles. The fourth-order valence-electron chi connectivity index (χ4n) is 1.67. The number of carbonyl (C=O) groups is 1. The number of carbonyl (C=O) groups excluding carboxylic acids is 1. The Morgan fingerprint density at radius 2 is 2.00 bits per heavy atom. The molecule has 1 aliphatic heterocycles. The van der Waals surface area contributed by atoms with Crippen molar-refractivity contribution in [2.75, 3.05) is 14.2 Å². The smallest absolute Gasteiger partial charge is 0.344 e. The van der Waals surface area contributed by atoms with Gasteiger partial charge in [-0.15, -0.1) is 0 Å². The Labute approximate surface area is 89.6 Å². The minimum absolute atomic E-state index is 0.0593. The van der Waals surface area contributed by atoms with Crippen LogP contribution >= 0.6 is 7.60 Å². The summed E-state index contributed by atoms with van der Waals surface area (Å²) in [6.07, 6.45) is 1.93. The third-order valence-electron chi connectivity index (χ3n) is 2.66. The molecule has 1 rings (SSSR count). The van der Waals surface area contributed by atoms with E-state index in [0.29, 0.717) is 12.8 Å². The van der Waals surface area contributed by atoms with Crippen molar-refractivity contribution in [3.8, 4) is 0 Å². The zero-order valence-electron chi connectivity index (χ0n) is 9.26. The molecular formula is C9H17O5P. The molecule has 0 spiro atoms. The predicted molar refractivity (Wildman–Crippen MR) is 54.8 cm³/mol. The first-order valence-electron chi connectivity index (χ1n) is 4.99. The van der Waals surface area contributed by atoms with Crippen molar-refractivity contribution < 1.29 is 23.1 Å². The number of esters is 1. The van der Waals surface area contributed by atoms with Gasteiger partial charge in [-0.3, -0.25) is 9.36 Å². The predicted octanol–water partition coefficient (Wildman–Crippen LogP) is 1.96. The Hall–Kier alpha value is -0.380. The van der Waals surface area contributed by atoms with Crippen molar-refractivity contribution in [1.82, 2.24) is 0 Å². The van der Waals surface area contributed by atoms with Crippen molar-refractivity contribution in [2.45, 2.75) is 37.9 Å². The maximum absolute atomic E-state index is 12.0. The van der Waals surface area contributed by atoms with Crippen LogP contribution < -0.4 is 0 Å². The lowest BCUT2D eigenvalue weighted by Gasteiger charge is -2.30. The highest BCUT2D eigenvalue weighted by atomic mass is 31.2. The van der Waals surface area contributed by atoms with Gasteiger partial charge in [-0.1, -0.05) is 6.92 Å². The number of cyclic esters (lactones) is 1. The van der Waals surface area contributed by atoms with Gasteiger partial charge in [0.15, 0.2) is 5.66 Å². The SMILES string of the molecule is CCC1CCC(P(=O)(OC)OC)C(=O)O1. The molecule has 5 nitrogen and oxygen atoms in total. The second-order valence-electron chi connectivity index (χ2n) is 3.47. The van der Waals surface area contributed by atoms with Crippen LogP contribution in [0.3, 0.4) is 0 Å². The monoisotopic (exact) mass is 236 g/mol. The molecule has 0 aromatic rings. The fourth-order valence-corrected chi connectivity index (χ4v) is 3.11. The van der Waals surface area contributed by atoms with Crippen LogP contribution in [0.4, 0.5) is 0 Å². The third-order valence-corrected chi connectivity index (χ3v) is 4.91. The van der Waals surface area contributed by atoms with E-state index in [4.69, 9.17) is 13.8 Å². The second-order valence-corrected chi connectivity index (χ2v) is 5.90. The first-order valence-corrected chi connectivity index (χ1v) is 6.60. The van der Waals surface area contributed by atoms with Gasteiger partial charge in [-0.05, 0) is 19.3 Å². The molecule has 1 fully saturated rings. The van der Waals surface area contributed by atoms with Gasteiger partial charge in [0.05, 0.1) is 0 Å². The Balaban J connectivity index is 2.73. The van der Waals surface area contributed by atoms with Crippen molar-refractivity contribution in [2.24, 2.45) is 0 Å². The molecule has 0 bridgehead atoms. The Bertz CT molecular complexity index is 270. The van der Waals surface area contributed by atoms with Crippen LogP contribution in [0, 0.1) is 0 Å². The van der Waals surface area contributed by atoms with E-state index in [1.54, 1.807) is 0 Å². The molecule has 0 N–H and O–H groups in total. The summed E-state index contributed by atoms with van der Waals surface area (Å²) < 4.78 is 26.7. The van der Waals surface area contributed by atoms with E-state index in [1.165, 1.54) is 14.2 Å². The highest BCUT2D eigenvalue weighted by Gasteiger charge is 2.44. The van der Waals surface area contributed by atoms with E-state index < -0.39 is 19.2 Å². The maximum Gasteiger partial charge on any atom is 0.344 e. The molecule has 0 aromatic carbocycles. The largest absolute Gasteiger partial charge is 0.462 e. The van der Waals surface area contributed by atoms with E-state index in [0.717, 1.165) is 6.42 Å². The van der Waals surface area contributed by atoms with Crippen molar-refractivity contribution in [3.05, 3.63) is 0 Å². The first-order chi connectivity index (χ1) is 7.07. The van der Waals surface area contributed by atoms with Gasteiger partial charge in [0.2, 0.25) is 0 Å². The third kappa shape index (κ3) is 2.60. The highest BCUT2D eigenvalue weighted by molar-refractivity contribution is 7.55. The van der Waals surface area contributed by atoms with Gasteiger partial charge in [0.25, 0.3) is 0 Å². The number of ether oxygens (including phenoxy) is 1. The highest BCUT2D eigenvalue weighted by Crippen LogP contribution is 2.54. The minimum atomic E-state index is -3.32. The van der Waals surface area contributed by atoms with Gasteiger partial charge in [-0.2, -0.15) is 0 Å². The van der Waals surface area contributed by atoms with Crippen molar-refractivity contribution in [3.63, 3.8) is 0 Å². The van der Waals surface area contributed by atoms with Crippen LogP contribution in [0.5, 0.6) is 0 Å². The molecule has 1 saturated heterocycles. The van der Waals surface area contributed by atoms with Gasteiger partial charge in [-0.25, -0.2) is 0 Å². The molecule has 88 valence electrons. The lowest BCUT2D eigenvalue weighted by atomic mass is 10.1. The summed E-state index contributed by atoms with van der Waals surface area (Å²) >= 11 is 0. The van der Waals surface area contributed by atoms with Gasteiger partial charge < -0.3 is 13.8 Å². The van der Waals surface area contributed by atoms with Crippen LogP contribution in [0.2, 0.25) is 0 Å². The number of hydrogen-bond donors (Lipinski definition) is 0. The minimum Gasteiger partial charge on any atom is -0.462 e. The molecular weight excluding hydrogens is 219 g/mol. The molecule has 2 atom stereocenters. The first kappa shape index (κ1) is 12.7. The standard InChI is InChI=1S/C9H17O5P/c1-4-7-5-6-8(9(10)14-7)15(11,12-2)13-3/h7-8H,4-6H2,1-3H3. The van der Waals surface area contributed by atoms with Crippen LogP contribution in [-0.2, 0) is 23.1 Å². The van der Waals surface area contributed by atoms with Gasteiger partial charge in [0.1, 0.15) is 6.10 Å². The van der Waals surface area contributed by atoms with E-state index >= 15 is 0 Å². The summed E-state index contributed by atoms with van der Waals surface area (Å²) in [7, 11) is -0.762. The van der Waals surface area contributed by atoms with E-state index in [2.05, 4.69) is 0 Å². The topological polar surface area (TPSA) is 61.8 Å². The Kier molecular flexibility index (Phi) is 4.32. The van der Waals surface area contributed by atoms with Crippen LogP contribution in [0.15, 0.2) is 0 Å². The average molecular weight is 236 g/mol. The molecule has 6 heteroatoms. The summed E-state index contributed by atoms with van der Waals surface area (Å²) in [5.41, 5.74) is -0.768. The zero-order valence-corrected chi connectivity index (χ0v) is 10.2. The second kappa shape index (κ2) is 5.10. The summed E-state index contributed by atoms with van der Waals surface area (Å²) in [6.45, 7) is 1.95. The molecule has 0 amide bonds. The van der Waals surface area contributed by atoms with Crippen molar-refractivity contribution in [1.29, 1.82) is 0 Å². The van der Waals surface area contributed by atoms with Gasteiger partial charge in [0, 0.05) is 14.2 Å². The summed E-state index contributed by atoms with van der Waals surface area (Å²) in [5.74, 6) is -0.472. The molecule has 15 heavy (non-hydrogen) atoms. The summed E-state index contributed by atoms with van der Waals surface area (Å²) in [6, 6.07) is 0. The van der Waals surface area contributed by atoms with Crippen LogP contribution in [-0.4, -0.2) is 32.0 Å². The van der Waals surface area contributed by atoms with Gasteiger partial charge >= 0.3 is 13.6 Å². The van der Waals surface area contributed by atoms with Crippen molar-refractivity contribution >= 4 is 13.6 Å². The van der Waals surface area contributed by atoms with E-state index in [-0.39, 0.29) is 6.10 Å². The molecule has 0 aromatic heterocycles. The molecule has 1 aliphatic rings. The number of hydrogen-bond acceptors (Lipinski definition) is 5. The Morgan fingerprint density at radius 1 is 1.40 bits per heavy atom.